The van der Waals surface area contributed by atoms with E-state index < -0.39 is 5.97 Å². The van der Waals surface area contributed by atoms with Crippen LogP contribution in [0, 0.1) is 0 Å². The van der Waals surface area contributed by atoms with Gasteiger partial charge in [-0.15, -0.1) is 0 Å². The lowest BCUT2D eigenvalue weighted by Crippen LogP contribution is -2.45. The Morgan fingerprint density at radius 1 is 1.32 bits per heavy atom. The van der Waals surface area contributed by atoms with Crippen molar-refractivity contribution in [3.63, 3.8) is 0 Å². The van der Waals surface area contributed by atoms with E-state index in [1.165, 1.54) is 0 Å². The minimum absolute atomic E-state index is 0.0712. The van der Waals surface area contributed by atoms with Crippen molar-refractivity contribution in [3.8, 4) is 0 Å². The number of halogens is 1. The van der Waals surface area contributed by atoms with Gasteiger partial charge in [0.25, 0.3) is 5.97 Å². The third-order valence-corrected chi connectivity index (χ3v) is 3.14. The zero-order valence-electron chi connectivity index (χ0n) is 10.7. The summed E-state index contributed by atoms with van der Waals surface area (Å²) in [5, 5.41) is 10.7. The number of hydrogen-bond acceptors (Lipinski definition) is 4. The fourth-order valence-corrected chi connectivity index (χ4v) is 2.07. The maximum atomic E-state index is 12.0. The van der Waals surface area contributed by atoms with Crippen LogP contribution in [0.2, 0.25) is 0 Å². The van der Waals surface area contributed by atoms with Gasteiger partial charge >= 0.3 is 0 Å². The van der Waals surface area contributed by atoms with Crippen LogP contribution >= 0.6 is 15.9 Å². The number of aliphatic carboxylic acids is 1. The number of hydrogen-bond donors (Lipinski definition) is 2. The van der Waals surface area contributed by atoms with Crippen LogP contribution in [0.5, 0.6) is 0 Å². The molecular weight excluding hydrogens is 312 g/mol. The molecule has 0 spiro atoms. The summed E-state index contributed by atoms with van der Waals surface area (Å²) in [5.41, 5.74) is 0.857. The molecule has 0 saturated carbocycles. The van der Waals surface area contributed by atoms with Crippen molar-refractivity contribution in [1.82, 2.24) is 5.32 Å². The van der Waals surface area contributed by atoms with Gasteiger partial charge in [-0.25, -0.2) is 0 Å². The molecule has 1 aliphatic heterocycles. The Labute approximate surface area is 120 Å². The van der Waals surface area contributed by atoms with Gasteiger partial charge in [0.1, 0.15) is 0 Å². The van der Waals surface area contributed by atoms with Gasteiger partial charge in [0.2, 0.25) is 5.43 Å². The Kier molecular flexibility index (Phi) is 6.52. The first kappa shape index (κ1) is 15.7. The van der Waals surface area contributed by atoms with Gasteiger partial charge in [0, 0.05) is 33.1 Å². The van der Waals surface area contributed by atoms with E-state index in [0.29, 0.717) is 4.47 Å². The molecule has 0 amide bonds. The highest BCUT2D eigenvalue weighted by atomic mass is 79.9. The number of carbonyl (C=O) groups is 1. The van der Waals surface area contributed by atoms with E-state index >= 15 is 0 Å². The Balaban J connectivity index is 0.000000399. The van der Waals surface area contributed by atoms with Gasteiger partial charge in [-0.1, -0.05) is 12.1 Å². The molecule has 1 fully saturated rings. The van der Waals surface area contributed by atoms with E-state index in [1.54, 1.807) is 6.07 Å². The Morgan fingerprint density at radius 2 is 1.84 bits per heavy atom. The standard InChI is InChI=1S/C11H13BrN2O.C2H4O2/c12-9-3-1-2-4-10(11(9)15)14-7-5-13-6-8-14;1-2(3)4/h1-4,13H,5-8H2;1H3,(H,3,4). The number of carboxylic acids is 1. The average Bonchev–Trinajstić information content (AvgIpc) is 2.53. The number of nitrogens with one attached hydrogen (secondary N) is 1. The second kappa shape index (κ2) is 7.91. The number of carboxylic acid groups (broad SMARTS) is 1. The molecule has 0 atom stereocenters. The lowest BCUT2D eigenvalue weighted by molar-refractivity contribution is -0.134. The minimum atomic E-state index is -0.833. The number of rotatable bonds is 1. The van der Waals surface area contributed by atoms with Crippen LogP contribution < -0.4 is 15.6 Å². The molecule has 1 saturated heterocycles. The van der Waals surface area contributed by atoms with Crippen LogP contribution in [-0.2, 0) is 4.79 Å². The SMILES string of the molecule is CC(=O)O.O=c1c(Br)ccccc1N1CCNCC1. The van der Waals surface area contributed by atoms with E-state index in [2.05, 4.69) is 26.1 Å². The van der Waals surface area contributed by atoms with Gasteiger partial charge in [-0.2, -0.15) is 0 Å². The zero-order valence-corrected chi connectivity index (χ0v) is 12.3. The molecular formula is C13H17BrN2O3. The molecule has 1 aromatic carbocycles. The van der Waals surface area contributed by atoms with E-state index in [1.807, 2.05) is 18.2 Å². The Bertz CT molecular complexity index is 484. The molecule has 0 bridgehead atoms. The van der Waals surface area contributed by atoms with E-state index in [-0.39, 0.29) is 5.43 Å². The smallest absolute Gasteiger partial charge is 0.300 e. The first-order valence-corrected chi connectivity index (χ1v) is 6.75. The normalized spacial score (nSPS) is 14.3. The number of anilines is 1. The van der Waals surface area contributed by atoms with Crippen LogP contribution in [0.25, 0.3) is 0 Å². The van der Waals surface area contributed by atoms with Crippen molar-refractivity contribution in [2.24, 2.45) is 0 Å². The largest absolute Gasteiger partial charge is 0.481 e. The second-order valence-corrected chi connectivity index (χ2v) is 4.89. The van der Waals surface area contributed by atoms with Gasteiger partial charge in [0.05, 0.1) is 10.2 Å². The van der Waals surface area contributed by atoms with Gasteiger partial charge < -0.3 is 15.3 Å². The molecule has 6 heteroatoms. The quantitative estimate of drug-likeness (QED) is 0.813. The molecule has 19 heavy (non-hydrogen) atoms. The molecule has 1 heterocycles. The van der Waals surface area contributed by atoms with Gasteiger partial charge in [0.15, 0.2) is 0 Å². The number of nitrogens with zero attached hydrogens (tertiary/aromatic N) is 1. The highest BCUT2D eigenvalue weighted by Gasteiger charge is 2.13. The van der Waals surface area contributed by atoms with Crippen molar-refractivity contribution in [2.75, 3.05) is 31.1 Å². The monoisotopic (exact) mass is 328 g/mol. The molecule has 0 radical (unpaired) electrons. The molecule has 0 aliphatic carbocycles. The summed E-state index contributed by atoms with van der Waals surface area (Å²) in [6.07, 6.45) is 0. The first-order valence-electron chi connectivity index (χ1n) is 5.96. The summed E-state index contributed by atoms with van der Waals surface area (Å²) in [5.74, 6) is -0.833. The third kappa shape index (κ3) is 5.40. The Morgan fingerprint density at radius 3 is 2.42 bits per heavy atom. The predicted octanol–water partition coefficient (Wildman–Crippen LogP) is 1.31. The molecule has 0 aromatic heterocycles. The molecule has 2 rings (SSSR count). The highest BCUT2D eigenvalue weighted by molar-refractivity contribution is 9.10. The van der Waals surface area contributed by atoms with Crippen molar-refractivity contribution < 1.29 is 9.90 Å². The lowest BCUT2D eigenvalue weighted by Gasteiger charge is -2.28. The van der Waals surface area contributed by atoms with E-state index in [0.717, 1.165) is 38.8 Å². The van der Waals surface area contributed by atoms with Gasteiger partial charge in [-0.3, -0.25) is 9.59 Å². The fraction of sp³-hybridized carbons (Fsp3) is 0.385. The maximum Gasteiger partial charge on any atom is 0.300 e. The summed E-state index contributed by atoms with van der Waals surface area (Å²) < 4.78 is 0.626. The summed E-state index contributed by atoms with van der Waals surface area (Å²) in [7, 11) is 0. The van der Waals surface area contributed by atoms with E-state index in [4.69, 9.17) is 9.90 Å². The van der Waals surface area contributed by atoms with Crippen molar-refractivity contribution in [3.05, 3.63) is 39.0 Å². The van der Waals surface area contributed by atoms with Crippen molar-refractivity contribution in [2.45, 2.75) is 6.92 Å². The second-order valence-electron chi connectivity index (χ2n) is 4.04. The van der Waals surface area contributed by atoms with Crippen molar-refractivity contribution >= 4 is 27.6 Å². The van der Waals surface area contributed by atoms with Crippen molar-refractivity contribution in [1.29, 1.82) is 0 Å². The zero-order chi connectivity index (χ0) is 14.3. The summed E-state index contributed by atoms with van der Waals surface area (Å²) >= 11 is 3.29. The summed E-state index contributed by atoms with van der Waals surface area (Å²) in [4.78, 5) is 23.1. The predicted molar refractivity (Wildman–Crippen MR) is 78.8 cm³/mol. The highest BCUT2D eigenvalue weighted by Crippen LogP contribution is 2.11. The van der Waals surface area contributed by atoms with Gasteiger partial charge in [-0.05, 0) is 28.1 Å². The maximum absolute atomic E-state index is 12.0. The number of piperazine rings is 1. The molecule has 2 N–H and O–H groups in total. The molecule has 5 nitrogen and oxygen atoms in total. The van der Waals surface area contributed by atoms with Crippen LogP contribution in [-0.4, -0.2) is 37.3 Å². The molecule has 0 unspecified atom stereocenters. The summed E-state index contributed by atoms with van der Waals surface area (Å²) in [6.45, 7) is 4.75. The fourth-order valence-electron chi connectivity index (χ4n) is 1.72. The van der Waals surface area contributed by atoms with Crippen LogP contribution in [0.1, 0.15) is 6.92 Å². The average molecular weight is 329 g/mol. The Hall–Kier alpha value is -1.40. The van der Waals surface area contributed by atoms with Crippen LogP contribution in [0.3, 0.4) is 0 Å². The minimum Gasteiger partial charge on any atom is -0.481 e. The van der Waals surface area contributed by atoms with E-state index in [9.17, 15) is 4.79 Å². The third-order valence-electron chi connectivity index (χ3n) is 2.51. The topological polar surface area (TPSA) is 69.6 Å². The van der Waals surface area contributed by atoms with Crippen LogP contribution in [0.4, 0.5) is 5.69 Å². The lowest BCUT2D eigenvalue weighted by atomic mass is 10.3. The molecule has 1 aliphatic rings. The molecule has 1 aromatic rings. The molecule has 104 valence electrons. The first-order chi connectivity index (χ1) is 9.02. The summed E-state index contributed by atoms with van der Waals surface area (Å²) in [6, 6.07) is 7.45. The van der Waals surface area contributed by atoms with Crippen LogP contribution in [0.15, 0.2) is 33.5 Å².